The highest BCUT2D eigenvalue weighted by atomic mass is 19.4. The fourth-order valence-electron chi connectivity index (χ4n) is 6.56. The molecule has 2 bridgehead atoms. The molecule has 4 aliphatic rings. The van der Waals surface area contributed by atoms with Gasteiger partial charge in [0.1, 0.15) is 18.2 Å². The monoisotopic (exact) mass is 547 g/mol. The summed E-state index contributed by atoms with van der Waals surface area (Å²) >= 11 is 0. The fraction of sp³-hybridized carbons (Fsp3) is 0.500. The summed E-state index contributed by atoms with van der Waals surface area (Å²) in [6.07, 6.45) is 0.751. The van der Waals surface area contributed by atoms with Crippen LogP contribution in [0.5, 0.6) is 0 Å². The molecular weight excluding hydrogens is 517 g/mol. The summed E-state index contributed by atoms with van der Waals surface area (Å²) in [7, 11) is 0. The predicted molar refractivity (Wildman–Crippen MR) is 135 cm³/mol. The molecule has 3 heterocycles. The number of nitrogen functional groups attached to an aromatic ring is 1. The third kappa shape index (κ3) is 5.02. The third-order valence-electron chi connectivity index (χ3n) is 8.57. The van der Waals surface area contributed by atoms with Gasteiger partial charge in [0.2, 0.25) is 0 Å². The van der Waals surface area contributed by atoms with E-state index >= 15 is 0 Å². The molecule has 208 valence electrons. The van der Waals surface area contributed by atoms with Crippen LogP contribution in [0, 0.1) is 5.92 Å². The number of rotatable bonds is 7. The van der Waals surface area contributed by atoms with Crippen LogP contribution in [0.15, 0.2) is 48.8 Å². The van der Waals surface area contributed by atoms with Gasteiger partial charge in [-0.1, -0.05) is 30.3 Å². The van der Waals surface area contributed by atoms with Gasteiger partial charge in [0, 0.05) is 55.5 Å². The van der Waals surface area contributed by atoms with Crippen molar-refractivity contribution in [2.75, 3.05) is 18.8 Å². The molecule has 1 aliphatic heterocycles. The van der Waals surface area contributed by atoms with Crippen LogP contribution in [0.3, 0.4) is 0 Å². The maximum absolute atomic E-state index is 13.8. The lowest BCUT2D eigenvalue weighted by molar-refractivity contribution is -0.137. The molecule has 3 aliphatic carbocycles. The smallest absolute Gasteiger partial charge is 0.383 e. The van der Waals surface area contributed by atoms with Crippen molar-refractivity contribution in [1.29, 1.82) is 0 Å². The first kappa shape index (κ1) is 26.2. The molecule has 0 spiro atoms. The molecule has 11 heteroatoms. The van der Waals surface area contributed by atoms with Crippen LogP contribution in [0.1, 0.15) is 49.1 Å². The standard InChI is InChI=1S/C28H30F5N5O/c29-27(30)6-8-37(9-7-27)23-13-26(11-20(23)12-26)38-15-22(19-10-21(28(31,32)33)25(34)35-14-19)36-24(38)17-39-16-18-4-2-1-3-5-18/h1-5,10,14-15,20,23H,6-9,11-13,16-17H2,(H2,34,35). The maximum Gasteiger partial charge on any atom is 0.419 e. The Morgan fingerprint density at radius 2 is 1.74 bits per heavy atom. The quantitative estimate of drug-likeness (QED) is 0.375. The second-order valence-electron chi connectivity index (χ2n) is 11.1. The first-order chi connectivity index (χ1) is 18.5. The Balaban J connectivity index is 1.28. The zero-order chi connectivity index (χ0) is 27.4. The van der Waals surface area contributed by atoms with Crippen molar-refractivity contribution in [3.63, 3.8) is 0 Å². The second kappa shape index (κ2) is 9.55. The number of imidazole rings is 1. The number of anilines is 1. The molecule has 2 N–H and O–H groups in total. The number of fused-ring (bicyclic) bond motifs is 1. The van der Waals surface area contributed by atoms with Crippen LogP contribution in [0.4, 0.5) is 27.8 Å². The van der Waals surface area contributed by atoms with Crippen LogP contribution < -0.4 is 5.73 Å². The highest BCUT2D eigenvalue weighted by Crippen LogP contribution is 2.59. The molecule has 3 saturated carbocycles. The zero-order valence-electron chi connectivity index (χ0n) is 21.3. The minimum absolute atomic E-state index is 0.122. The van der Waals surface area contributed by atoms with Crippen LogP contribution in [0.2, 0.25) is 0 Å². The van der Waals surface area contributed by atoms with E-state index in [0.717, 1.165) is 30.9 Å². The van der Waals surface area contributed by atoms with Crippen molar-refractivity contribution in [3.8, 4) is 11.3 Å². The van der Waals surface area contributed by atoms with Crippen molar-refractivity contribution in [1.82, 2.24) is 19.4 Å². The molecular formula is C28H30F5N5O. The van der Waals surface area contributed by atoms with Crippen molar-refractivity contribution < 1.29 is 26.7 Å². The topological polar surface area (TPSA) is 69.2 Å². The second-order valence-corrected chi connectivity index (χ2v) is 11.1. The lowest BCUT2D eigenvalue weighted by atomic mass is 9.76. The van der Waals surface area contributed by atoms with Crippen LogP contribution in [0.25, 0.3) is 11.3 Å². The van der Waals surface area contributed by atoms with E-state index in [4.69, 9.17) is 15.5 Å². The Morgan fingerprint density at radius 1 is 1.03 bits per heavy atom. The molecule has 4 fully saturated rings. The molecule has 39 heavy (non-hydrogen) atoms. The van der Waals surface area contributed by atoms with E-state index in [0.29, 0.717) is 37.1 Å². The van der Waals surface area contributed by atoms with E-state index in [-0.39, 0.29) is 36.6 Å². The summed E-state index contributed by atoms with van der Waals surface area (Å²) in [6, 6.07) is 10.9. The number of hydrogen-bond acceptors (Lipinski definition) is 5. The lowest BCUT2D eigenvalue weighted by Gasteiger charge is -2.41. The van der Waals surface area contributed by atoms with Crippen molar-refractivity contribution in [3.05, 3.63) is 65.7 Å². The van der Waals surface area contributed by atoms with Crippen LogP contribution in [-0.4, -0.2) is 44.5 Å². The largest absolute Gasteiger partial charge is 0.419 e. The van der Waals surface area contributed by atoms with Gasteiger partial charge in [0.05, 0.1) is 17.9 Å². The van der Waals surface area contributed by atoms with E-state index in [9.17, 15) is 22.0 Å². The number of ether oxygens (including phenoxy) is 1. The first-order valence-corrected chi connectivity index (χ1v) is 13.2. The molecule has 0 radical (unpaired) electrons. The minimum Gasteiger partial charge on any atom is -0.383 e. The molecule has 7 rings (SSSR count). The summed E-state index contributed by atoms with van der Waals surface area (Å²) in [5.74, 6) is -2.16. The van der Waals surface area contributed by atoms with Gasteiger partial charge >= 0.3 is 6.18 Å². The number of likely N-dealkylation sites (tertiary alicyclic amines) is 1. The van der Waals surface area contributed by atoms with Gasteiger partial charge in [-0.3, -0.25) is 4.90 Å². The third-order valence-corrected chi connectivity index (χ3v) is 8.57. The Kier molecular flexibility index (Phi) is 6.41. The normalized spacial score (nSPS) is 26.5. The average molecular weight is 548 g/mol. The number of aromatic nitrogens is 3. The molecule has 0 amide bonds. The number of piperidine rings is 1. The van der Waals surface area contributed by atoms with Crippen molar-refractivity contribution >= 4 is 5.82 Å². The molecule has 1 aromatic carbocycles. The predicted octanol–water partition coefficient (Wildman–Crippen LogP) is 5.87. The van der Waals surface area contributed by atoms with Crippen molar-refractivity contribution in [2.45, 2.75) is 69.0 Å². The highest BCUT2D eigenvalue weighted by Gasteiger charge is 2.59. The molecule has 6 nitrogen and oxygen atoms in total. The van der Waals surface area contributed by atoms with Crippen molar-refractivity contribution in [2.24, 2.45) is 5.92 Å². The molecule has 3 aromatic rings. The van der Waals surface area contributed by atoms with Gasteiger partial charge in [-0.2, -0.15) is 13.2 Å². The van der Waals surface area contributed by atoms with Gasteiger partial charge < -0.3 is 15.0 Å². The summed E-state index contributed by atoms with van der Waals surface area (Å²) < 4.78 is 76.1. The Morgan fingerprint density at radius 3 is 2.44 bits per heavy atom. The zero-order valence-corrected chi connectivity index (χ0v) is 21.3. The van der Waals surface area contributed by atoms with Gasteiger partial charge in [-0.15, -0.1) is 0 Å². The number of pyridine rings is 1. The number of alkyl halides is 5. The van der Waals surface area contributed by atoms with Crippen LogP contribution in [-0.2, 0) is 29.7 Å². The van der Waals surface area contributed by atoms with E-state index in [2.05, 4.69) is 14.5 Å². The molecule has 1 saturated heterocycles. The number of nitrogens with zero attached hydrogens (tertiary/aromatic N) is 4. The minimum atomic E-state index is -4.64. The molecule has 2 aromatic heterocycles. The number of benzene rings is 1. The van der Waals surface area contributed by atoms with Gasteiger partial charge in [-0.25, -0.2) is 18.7 Å². The van der Waals surface area contributed by atoms with Gasteiger partial charge in [0.25, 0.3) is 5.92 Å². The van der Waals surface area contributed by atoms with E-state index < -0.39 is 23.5 Å². The van der Waals surface area contributed by atoms with E-state index in [1.165, 1.54) is 6.20 Å². The highest BCUT2D eigenvalue weighted by molar-refractivity contribution is 5.62. The molecule has 1 atom stereocenters. The SMILES string of the molecule is Nc1ncc(-c2cn(C34CC(C3)C(N3CCC(F)(F)CC3)C4)c(COCc3ccccc3)n2)cc1C(F)(F)F. The first-order valence-electron chi connectivity index (χ1n) is 13.2. The fourth-order valence-corrected chi connectivity index (χ4v) is 6.56. The van der Waals surface area contributed by atoms with Crippen LogP contribution >= 0.6 is 0 Å². The molecule has 1 unspecified atom stereocenters. The van der Waals surface area contributed by atoms with E-state index in [1.54, 1.807) is 6.20 Å². The number of nitrogens with two attached hydrogens (primary N) is 1. The summed E-state index contributed by atoms with van der Waals surface area (Å²) in [5.41, 5.74) is 5.83. The van der Waals surface area contributed by atoms with E-state index in [1.807, 2.05) is 30.3 Å². The summed E-state index contributed by atoms with van der Waals surface area (Å²) in [6.45, 7) is 1.30. The Hall–Kier alpha value is -3.05. The maximum atomic E-state index is 13.8. The Labute approximate surface area is 223 Å². The number of halogens is 5. The summed E-state index contributed by atoms with van der Waals surface area (Å²) in [4.78, 5) is 10.7. The average Bonchev–Trinajstić information content (AvgIpc) is 3.56. The summed E-state index contributed by atoms with van der Waals surface area (Å²) in [5, 5.41) is 0. The van der Waals surface area contributed by atoms with Gasteiger partial charge in [-0.05, 0) is 36.8 Å². The lowest BCUT2D eigenvalue weighted by Crippen LogP contribution is -2.46. The Bertz CT molecular complexity index is 1330. The number of hydrogen-bond donors (Lipinski definition) is 1. The van der Waals surface area contributed by atoms with Gasteiger partial charge in [0.15, 0.2) is 0 Å².